The van der Waals surface area contributed by atoms with Crippen LogP contribution in [0.3, 0.4) is 0 Å². The van der Waals surface area contributed by atoms with E-state index in [1.807, 2.05) is 0 Å². The summed E-state index contributed by atoms with van der Waals surface area (Å²) < 4.78 is 0. The Bertz CT molecular complexity index is 3090. The molecule has 0 amide bonds. The topological polar surface area (TPSA) is 6.48 Å². The van der Waals surface area contributed by atoms with Gasteiger partial charge in [-0.2, -0.15) is 0 Å². The number of hydrogen-bond acceptors (Lipinski definition) is 2. The molecule has 67 heavy (non-hydrogen) atoms. The van der Waals surface area contributed by atoms with Gasteiger partial charge in [0, 0.05) is 34.0 Å². The molecule has 6 aromatic carbocycles. The first kappa shape index (κ1) is 44.5. The molecule has 3 heteroatoms. The molecule has 0 atom stereocenters. The van der Waals surface area contributed by atoms with Gasteiger partial charge in [-0.25, -0.2) is 0 Å². The smallest absolute Gasteiger partial charge is 0.252 e. The minimum absolute atomic E-state index is 0.00488. The quantitative estimate of drug-likeness (QED) is 0.163. The molecule has 2 nitrogen and oxygen atoms in total. The van der Waals surface area contributed by atoms with Crippen LogP contribution in [0, 0.1) is 13.8 Å². The summed E-state index contributed by atoms with van der Waals surface area (Å²) in [4.78, 5) is 5.46. The highest BCUT2D eigenvalue weighted by Crippen LogP contribution is 2.57. The predicted molar refractivity (Wildman–Crippen MR) is 291 cm³/mol. The van der Waals surface area contributed by atoms with Crippen LogP contribution in [0.2, 0.25) is 0 Å². The summed E-state index contributed by atoms with van der Waals surface area (Å²) in [6, 6.07) is 39.5. The molecule has 0 radical (unpaired) electrons. The molecule has 0 N–H and O–H groups in total. The van der Waals surface area contributed by atoms with E-state index in [4.69, 9.17) is 0 Å². The van der Waals surface area contributed by atoms with Crippen molar-refractivity contribution in [3.05, 3.63) is 147 Å². The zero-order valence-electron chi connectivity index (χ0n) is 44.0. The van der Waals surface area contributed by atoms with E-state index in [1.54, 1.807) is 0 Å². The van der Waals surface area contributed by atoms with E-state index >= 15 is 0 Å². The van der Waals surface area contributed by atoms with Crippen LogP contribution in [0.4, 0.5) is 34.1 Å². The molecule has 0 fully saturated rings. The number of rotatable bonds is 3. The van der Waals surface area contributed by atoms with E-state index in [0.717, 1.165) is 12.8 Å². The molecule has 0 unspecified atom stereocenters. The van der Waals surface area contributed by atoms with Gasteiger partial charge in [-0.1, -0.05) is 158 Å². The van der Waals surface area contributed by atoms with Crippen LogP contribution in [0.25, 0.3) is 11.1 Å². The van der Waals surface area contributed by atoms with Gasteiger partial charge in [0.05, 0.1) is 5.69 Å². The molecule has 0 bridgehead atoms. The van der Waals surface area contributed by atoms with E-state index in [1.165, 1.54) is 125 Å². The Morgan fingerprint density at radius 3 is 1.37 bits per heavy atom. The lowest BCUT2D eigenvalue weighted by atomic mass is 9.32. The molecule has 6 aromatic rings. The Morgan fingerprint density at radius 1 is 0.433 bits per heavy atom. The minimum Gasteiger partial charge on any atom is -0.311 e. The summed E-state index contributed by atoms with van der Waals surface area (Å²) in [7, 11) is 0. The minimum atomic E-state index is -0.00488. The fraction of sp³-hybridized carbons (Fsp3) is 0.438. The Kier molecular flexibility index (Phi) is 9.18. The van der Waals surface area contributed by atoms with E-state index < -0.39 is 0 Å². The predicted octanol–water partition coefficient (Wildman–Crippen LogP) is 15.6. The average molecular weight is 883 g/mol. The highest BCUT2D eigenvalue weighted by atomic mass is 15.2. The number of hydrogen-bond donors (Lipinski definition) is 0. The molecular formula is C64H75BN2. The normalized spacial score (nSPS) is 20.4. The van der Waals surface area contributed by atoms with E-state index in [-0.39, 0.29) is 44.6 Å². The molecule has 0 aromatic heterocycles. The first-order valence-corrected chi connectivity index (χ1v) is 25.6. The molecule has 0 spiro atoms. The van der Waals surface area contributed by atoms with Crippen molar-refractivity contribution in [2.24, 2.45) is 0 Å². The molecule has 0 saturated heterocycles. The van der Waals surface area contributed by atoms with Crippen molar-refractivity contribution in [2.45, 2.75) is 181 Å². The Morgan fingerprint density at radius 2 is 0.866 bits per heavy atom. The monoisotopic (exact) mass is 883 g/mol. The Hall–Kier alpha value is -5.02. The fourth-order valence-corrected chi connectivity index (χ4v) is 14.6. The van der Waals surface area contributed by atoms with Gasteiger partial charge in [0.25, 0.3) is 6.71 Å². The third kappa shape index (κ3) is 6.48. The van der Waals surface area contributed by atoms with Crippen LogP contribution >= 0.6 is 0 Å². The third-order valence-electron chi connectivity index (χ3n) is 17.8. The van der Waals surface area contributed by atoms with Crippen molar-refractivity contribution in [3.8, 4) is 11.1 Å². The highest BCUT2D eigenvalue weighted by molar-refractivity contribution is 7.00. The fourth-order valence-electron chi connectivity index (χ4n) is 14.6. The number of nitrogens with zero attached hydrogens (tertiary/aromatic N) is 2. The molecule has 3 aliphatic carbocycles. The van der Waals surface area contributed by atoms with Crippen LogP contribution in [-0.2, 0) is 37.9 Å². The van der Waals surface area contributed by atoms with Gasteiger partial charge >= 0.3 is 0 Å². The average Bonchev–Trinajstić information content (AvgIpc) is 3.54. The van der Waals surface area contributed by atoms with Crippen molar-refractivity contribution in [1.82, 2.24) is 0 Å². The molecule has 2 heterocycles. The van der Waals surface area contributed by atoms with Crippen molar-refractivity contribution in [2.75, 3.05) is 9.80 Å². The van der Waals surface area contributed by atoms with Gasteiger partial charge in [-0.05, 0) is 192 Å². The van der Waals surface area contributed by atoms with Crippen molar-refractivity contribution in [1.29, 1.82) is 0 Å². The second kappa shape index (κ2) is 13.8. The zero-order chi connectivity index (χ0) is 47.9. The summed E-state index contributed by atoms with van der Waals surface area (Å²) in [5.74, 6) is 0. The number of aryl methyl sites for hydroxylation is 2. The largest absolute Gasteiger partial charge is 0.311 e. The number of benzene rings is 6. The molecule has 344 valence electrons. The van der Waals surface area contributed by atoms with E-state index in [0.29, 0.717) is 0 Å². The summed E-state index contributed by atoms with van der Waals surface area (Å²) in [5.41, 5.74) is 28.2. The SMILES string of the molecule is Cc1cc2c3c(c1)N(c1ccc(C(C)(C)C)cc1-c1ccccc1)c1cc4c(cc1B3c1cc3c(cc1N2c1cc2c(cc1C)C(C)(C)CC2(C)C)C(C)(C)CCC3(C)C)C(C)(C)CC4(C)C. The molecule has 0 saturated carbocycles. The van der Waals surface area contributed by atoms with Gasteiger partial charge in [-0.3, -0.25) is 0 Å². The van der Waals surface area contributed by atoms with Crippen molar-refractivity contribution < 1.29 is 0 Å². The first-order valence-electron chi connectivity index (χ1n) is 25.6. The van der Waals surface area contributed by atoms with Gasteiger partial charge < -0.3 is 9.80 Å². The summed E-state index contributed by atoms with van der Waals surface area (Å²) in [5, 5.41) is 0. The second-order valence-corrected chi connectivity index (χ2v) is 26.9. The Balaban J connectivity index is 1.30. The molecule has 5 aliphatic rings. The van der Waals surface area contributed by atoms with Gasteiger partial charge in [0.2, 0.25) is 0 Å². The van der Waals surface area contributed by atoms with E-state index in [9.17, 15) is 0 Å². The number of anilines is 6. The van der Waals surface area contributed by atoms with Crippen LogP contribution in [0.1, 0.15) is 180 Å². The zero-order valence-corrected chi connectivity index (χ0v) is 44.0. The summed E-state index contributed by atoms with van der Waals surface area (Å²) >= 11 is 0. The van der Waals surface area contributed by atoms with Gasteiger partial charge in [-0.15, -0.1) is 0 Å². The van der Waals surface area contributed by atoms with Crippen LogP contribution in [-0.4, -0.2) is 6.71 Å². The maximum absolute atomic E-state index is 2.75. The maximum atomic E-state index is 2.75. The van der Waals surface area contributed by atoms with Crippen molar-refractivity contribution >= 4 is 57.2 Å². The first-order chi connectivity index (χ1) is 31.1. The lowest BCUT2D eigenvalue weighted by molar-refractivity contribution is 0.332. The van der Waals surface area contributed by atoms with Gasteiger partial charge in [0.1, 0.15) is 0 Å². The molecular weight excluding hydrogens is 808 g/mol. The van der Waals surface area contributed by atoms with Crippen LogP contribution in [0.5, 0.6) is 0 Å². The van der Waals surface area contributed by atoms with Crippen LogP contribution < -0.4 is 26.2 Å². The van der Waals surface area contributed by atoms with E-state index in [2.05, 4.69) is 225 Å². The molecule has 2 aliphatic heterocycles. The lowest BCUT2D eigenvalue weighted by Gasteiger charge is -2.48. The summed E-state index contributed by atoms with van der Waals surface area (Å²) in [6.07, 6.45) is 4.64. The molecule has 11 rings (SSSR count). The number of fused-ring (bicyclic) bond motifs is 7. The third-order valence-corrected chi connectivity index (χ3v) is 17.8. The highest BCUT2D eigenvalue weighted by Gasteiger charge is 2.51. The van der Waals surface area contributed by atoms with Gasteiger partial charge in [0.15, 0.2) is 0 Å². The Labute approximate surface area is 404 Å². The van der Waals surface area contributed by atoms with Crippen LogP contribution in [0.15, 0.2) is 97.1 Å². The lowest BCUT2D eigenvalue weighted by Crippen LogP contribution is -2.62. The second-order valence-electron chi connectivity index (χ2n) is 26.9. The van der Waals surface area contributed by atoms with Crippen molar-refractivity contribution in [3.63, 3.8) is 0 Å². The maximum Gasteiger partial charge on any atom is 0.252 e. The standard InChI is InChI=1S/C64H75BN2/c1-38-27-55-57-56(28-38)67(52-33-47-43(29-39(52)2)61(10,11)36-63(47,14)15)54-34-46-44(59(6,7)25-26-60(46,8)9)31-49(54)65(57)50-32-45-48(64(16,17)37-62(45,12)13)35-53(50)66(55)51-24-23-41(58(3,4)5)30-42(51)40-21-19-18-20-22-40/h18-24,27-35H,25-26,36-37H2,1-17H3. The summed E-state index contributed by atoms with van der Waals surface area (Å²) in [6.45, 7) is 41.6.